The Morgan fingerprint density at radius 2 is 2.11 bits per heavy atom. The largest absolute Gasteiger partial charge is 0.396 e. The summed E-state index contributed by atoms with van der Waals surface area (Å²) in [6.07, 6.45) is 3.09. The van der Waals surface area contributed by atoms with E-state index in [-0.39, 0.29) is 0 Å². The van der Waals surface area contributed by atoms with Gasteiger partial charge in [-0.1, -0.05) is 12.1 Å². The van der Waals surface area contributed by atoms with E-state index >= 15 is 0 Å². The molecule has 0 spiro atoms. The number of aliphatic hydroxyl groups is 1. The van der Waals surface area contributed by atoms with Crippen molar-refractivity contribution in [3.63, 3.8) is 0 Å². The maximum Gasteiger partial charge on any atom is 0.111 e. The zero-order valence-corrected chi connectivity index (χ0v) is 11.5. The molecule has 0 fully saturated rings. The van der Waals surface area contributed by atoms with Crippen LogP contribution in [0.15, 0.2) is 24.3 Å². The van der Waals surface area contributed by atoms with E-state index in [1.165, 1.54) is 4.70 Å². The first kappa shape index (κ1) is 13.5. The SMILES string of the molecule is CC(NCCCCCO)c1nc2ccccc2s1. The smallest absolute Gasteiger partial charge is 0.111 e. The number of nitrogens with one attached hydrogen (secondary N) is 1. The lowest BCUT2D eigenvalue weighted by molar-refractivity contribution is 0.282. The number of nitrogens with zero attached hydrogens (tertiary/aromatic N) is 1. The Morgan fingerprint density at radius 3 is 2.89 bits per heavy atom. The van der Waals surface area contributed by atoms with Crippen molar-refractivity contribution in [1.29, 1.82) is 0 Å². The van der Waals surface area contributed by atoms with Crippen molar-refractivity contribution < 1.29 is 5.11 Å². The second-order valence-electron chi connectivity index (χ2n) is 4.48. The fraction of sp³-hybridized carbons (Fsp3) is 0.500. The van der Waals surface area contributed by atoms with Gasteiger partial charge in [-0.3, -0.25) is 0 Å². The van der Waals surface area contributed by atoms with Crippen molar-refractivity contribution >= 4 is 21.6 Å². The highest BCUT2D eigenvalue weighted by Gasteiger charge is 2.10. The van der Waals surface area contributed by atoms with E-state index in [2.05, 4.69) is 35.4 Å². The average Bonchev–Trinajstić information content (AvgIpc) is 2.82. The van der Waals surface area contributed by atoms with Crippen molar-refractivity contribution in [3.8, 4) is 0 Å². The molecular weight excluding hydrogens is 244 g/mol. The van der Waals surface area contributed by atoms with Crippen LogP contribution in [-0.4, -0.2) is 23.2 Å². The topological polar surface area (TPSA) is 45.1 Å². The lowest BCUT2D eigenvalue weighted by atomic mass is 10.2. The zero-order valence-electron chi connectivity index (χ0n) is 10.7. The molecule has 1 aromatic heterocycles. The van der Waals surface area contributed by atoms with E-state index in [1.54, 1.807) is 11.3 Å². The summed E-state index contributed by atoms with van der Waals surface area (Å²) in [5.41, 5.74) is 1.09. The molecule has 3 nitrogen and oxygen atoms in total. The molecule has 0 bridgehead atoms. The molecule has 18 heavy (non-hydrogen) atoms. The van der Waals surface area contributed by atoms with Gasteiger partial charge in [0.25, 0.3) is 0 Å². The molecular formula is C14H20N2OS. The number of unbranched alkanes of at least 4 members (excludes halogenated alkanes) is 2. The minimum absolute atomic E-state index is 0.299. The van der Waals surface area contributed by atoms with Crippen LogP contribution in [0.3, 0.4) is 0 Å². The number of hydrogen-bond donors (Lipinski definition) is 2. The Hall–Kier alpha value is -0.970. The van der Waals surface area contributed by atoms with Gasteiger partial charge < -0.3 is 10.4 Å². The molecule has 2 rings (SSSR count). The molecule has 0 radical (unpaired) electrons. The summed E-state index contributed by atoms with van der Waals surface area (Å²) in [4.78, 5) is 4.64. The molecule has 2 N–H and O–H groups in total. The molecule has 1 heterocycles. The first-order valence-corrected chi connectivity index (χ1v) is 7.32. The Bertz CT molecular complexity index is 450. The van der Waals surface area contributed by atoms with Crippen LogP contribution >= 0.6 is 11.3 Å². The van der Waals surface area contributed by atoms with Crippen molar-refractivity contribution in [2.75, 3.05) is 13.2 Å². The Kier molecular flexibility index (Phi) is 5.11. The van der Waals surface area contributed by atoms with Gasteiger partial charge in [0.1, 0.15) is 5.01 Å². The second-order valence-corrected chi connectivity index (χ2v) is 5.54. The van der Waals surface area contributed by atoms with Crippen LogP contribution < -0.4 is 5.32 Å². The molecule has 0 amide bonds. The van der Waals surface area contributed by atoms with Gasteiger partial charge in [-0.25, -0.2) is 4.98 Å². The highest BCUT2D eigenvalue weighted by molar-refractivity contribution is 7.18. The van der Waals surface area contributed by atoms with Crippen molar-refractivity contribution in [2.45, 2.75) is 32.2 Å². The van der Waals surface area contributed by atoms with Crippen molar-refractivity contribution in [1.82, 2.24) is 10.3 Å². The van der Waals surface area contributed by atoms with Crippen LogP contribution in [0.4, 0.5) is 0 Å². The fourth-order valence-electron chi connectivity index (χ4n) is 1.89. The van der Waals surface area contributed by atoms with Gasteiger partial charge in [-0.15, -0.1) is 11.3 Å². The van der Waals surface area contributed by atoms with Gasteiger partial charge in [0.2, 0.25) is 0 Å². The Labute approximate surface area is 112 Å². The Morgan fingerprint density at radius 1 is 1.28 bits per heavy atom. The standard InChI is InChI=1S/C14H20N2OS/c1-11(15-9-5-2-6-10-17)14-16-12-7-3-4-8-13(12)18-14/h3-4,7-8,11,15,17H,2,5-6,9-10H2,1H3. The molecule has 1 unspecified atom stereocenters. The van der Waals surface area contributed by atoms with Crippen molar-refractivity contribution in [3.05, 3.63) is 29.3 Å². The number of aromatic nitrogens is 1. The monoisotopic (exact) mass is 264 g/mol. The van der Waals surface area contributed by atoms with Crippen molar-refractivity contribution in [2.24, 2.45) is 0 Å². The molecule has 0 aliphatic rings. The minimum atomic E-state index is 0.299. The number of para-hydroxylation sites is 1. The van der Waals surface area contributed by atoms with E-state index in [0.29, 0.717) is 12.6 Å². The van der Waals surface area contributed by atoms with Gasteiger partial charge in [0.15, 0.2) is 0 Å². The third-order valence-corrected chi connectivity index (χ3v) is 4.19. The molecule has 0 aliphatic heterocycles. The lowest BCUT2D eigenvalue weighted by Gasteiger charge is -2.10. The number of benzene rings is 1. The molecule has 2 aromatic rings. The van der Waals surface area contributed by atoms with E-state index in [0.717, 1.165) is 36.3 Å². The van der Waals surface area contributed by atoms with E-state index < -0.39 is 0 Å². The summed E-state index contributed by atoms with van der Waals surface area (Å²) in [5.74, 6) is 0. The van der Waals surface area contributed by atoms with Gasteiger partial charge in [0.05, 0.1) is 16.3 Å². The molecule has 0 saturated heterocycles. The number of hydrogen-bond acceptors (Lipinski definition) is 4. The minimum Gasteiger partial charge on any atom is -0.396 e. The van der Waals surface area contributed by atoms with E-state index in [1.807, 2.05) is 6.07 Å². The molecule has 98 valence electrons. The number of aliphatic hydroxyl groups excluding tert-OH is 1. The first-order valence-electron chi connectivity index (χ1n) is 6.51. The number of fused-ring (bicyclic) bond motifs is 1. The summed E-state index contributed by atoms with van der Waals surface area (Å²) < 4.78 is 1.25. The molecule has 0 saturated carbocycles. The second kappa shape index (κ2) is 6.83. The van der Waals surface area contributed by atoms with Crippen LogP contribution in [0.5, 0.6) is 0 Å². The molecule has 0 aliphatic carbocycles. The third kappa shape index (κ3) is 3.51. The summed E-state index contributed by atoms with van der Waals surface area (Å²) in [6, 6.07) is 8.56. The average molecular weight is 264 g/mol. The third-order valence-electron chi connectivity index (χ3n) is 2.97. The predicted octanol–water partition coefficient (Wildman–Crippen LogP) is 3.11. The van der Waals surface area contributed by atoms with E-state index in [9.17, 15) is 0 Å². The zero-order chi connectivity index (χ0) is 12.8. The molecule has 4 heteroatoms. The fourth-order valence-corrected chi connectivity index (χ4v) is 2.89. The van der Waals surface area contributed by atoms with E-state index in [4.69, 9.17) is 5.11 Å². The number of thiazole rings is 1. The maximum atomic E-state index is 8.70. The predicted molar refractivity (Wildman–Crippen MR) is 77.0 cm³/mol. The number of rotatable bonds is 7. The summed E-state index contributed by atoms with van der Waals surface area (Å²) in [6.45, 7) is 3.44. The van der Waals surface area contributed by atoms with Gasteiger partial charge in [-0.2, -0.15) is 0 Å². The van der Waals surface area contributed by atoms with Gasteiger partial charge in [0, 0.05) is 6.61 Å². The maximum absolute atomic E-state index is 8.70. The Balaban J connectivity index is 1.86. The summed E-state index contributed by atoms with van der Waals surface area (Å²) in [5, 5.41) is 13.3. The first-order chi connectivity index (χ1) is 8.81. The van der Waals surface area contributed by atoms with Crippen LogP contribution in [0.25, 0.3) is 10.2 Å². The van der Waals surface area contributed by atoms with Gasteiger partial charge in [-0.05, 0) is 44.9 Å². The quantitative estimate of drug-likeness (QED) is 0.755. The highest BCUT2D eigenvalue weighted by Crippen LogP contribution is 2.25. The van der Waals surface area contributed by atoms with Gasteiger partial charge >= 0.3 is 0 Å². The summed E-state index contributed by atoms with van der Waals surface area (Å²) >= 11 is 1.76. The molecule has 1 aromatic carbocycles. The van der Waals surface area contributed by atoms with Crippen LogP contribution in [0.2, 0.25) is 0 Å². The van der Waals surface area contributed by atoms with Crippen LogP contribution in [0, 0.1) is 0 Å². The lowest BCUT2D eigenvalue weighted by Crippen LogP contribution is -2.19. The van der Waals surface area contributed by atoms with Crippen LogP contribution in [0.1, 0.15) is 37.2 Å². The summed E-state index contributed by atoms with van der Waals surface area (Å²) in [7, 11) is 0. The highest BCUT2D eigenvalue weighted by atomic mass is 32.1. The van der Waals surface area contributed by atoms with Crippen LogP contribution in [-0.2, 0) is 0 Å². The molecule has 1 atom stereocenters. The normalized spacial score (nSPS) is 13.0.